The minimum atomic E-state index is 0.454. The van der Waals surface area contributed by atoms with E-state index in [9.17, 15) is 0 Å². The van der Waals surface area contributed by atoms with Crippen LogP contribution < -0.4 is 5.32 Å². The zero-order chi connectivity index (χ0) is 15.5. The summed E-state index contributed by atoms with van der Waals surface area (Å²) in [5, 5.41) is 3.67. The van der Waals surface area contributed by atoms with Crippen molar-refractivity contribution in [1.29, 1.82) is 0 Å². The first-order valence-corrected chi connectivity index (χ1v) is 8.44. The van der Waals surface area contributed by atoms with Crippen LogP contribution in [-0.4, -0.2) is 31.1 Å². The second-order valence-corrected chi connectivity index (χ2v) is 7.42. The lowest BCUT2D eigenvalue weighted by atomic mass is 9.82. The molecule has 0 aliphatic carbocycles. The molecule has 1 heterocycles. The number of piperidine rings is 1. The van der Waals surface area contributed by atoms with Gasteiger partial charge in [0.05, 0.1) is 0 Å². The van der Waals surface area contributed by atoms with E-state index in [4.69, 9.17) is 0 Å². The lowest BCUT2D eigenvalue weighted by Crippen LogP contribution is -2.42. The number of hydrogen-bond acceptors (Lipinski definition) is 2. The smallest absolute Gasteiger partial charge is 0.0449 e. The highest BCUT2D eigenvalue weighted by molar-refractivity contribution is 5.32. The first kappa shape index (κ1) is 16.5. The van der Waals surface area contributed by atoms with Gasteiger partial charge in [-0.25, -0.2) is 0 Å². The van der Waals surface area contributed by atoms with E-state index in [0.29, 0.717) is 11.5 Å². The predicted molar refractivity (Wildman–Crippen MR) is 91.8 cm³/mol. The van der Waals surface area contributed by atoms with Crippen molar-refractivity contribution in [3.05, 3.63) is 34.9 Å². The second kappa shape index (κ2) is 6.93. The Morgan fingerprint density at radius 2 is 1.81 bits per heavy atom. The number of likely N-dealkylation sites (tertiary alicyclic amines) is 1. The molecular formula is C19H32N2. The van der Waals surface area contributed by atoms with Gasteiger partial charge in [0.2, 0.25) is 0 Å². The van der Waals surface area contributed by atoms with Crippen molar-refractivity contribution < 1.29 is 0 Å². The van der Waals surface area contributed by atoms with Crippen molar-refractivity contribution in [3.8, 4) is 0 Å². The minimum Gasteiger partial charge on any atom is -0.309 e. The van der Waals surface area contributed by atoms with E-state index < -0.39 is 0 Å². The van der Waals surface area contributed by atoms with Crippen LogP contribution in [0.3, 0.4) is 0 Å². The fourth-order valence-electron chi connectivity index (χ4n) is 3.11. The summed E-state index contributed by atoms with van der Waals surface area (Å²) in [6.45, 7) is 16.0. The molecule has 2 heteroatoms. The average Bonchev–Trinajstić information content (AvgIpc) is 2.43. The van der Waals surface area contributed by atoms with Gasteiger partial charge in [0.1, 0.15) is 0 Å². The zero-order valence-corrected chi connectivity index (χ0v) is 14.5. The quantitative estimate of drug-likeness (QED) is 0.878. The highest BCUT2D eigenvalue weighted by atomic mass is 15.2. The summed E-state index contributed by atoms with van der Waals surface area (Å²) in [6, 6.07) is 7.37. The summed E-state index contributed by atoms with van der Waals surface area (Å²) in [5.41, 5.74) is 4.75. The minimum absolute atomic E-state index is 0.454. The van der Waals surface area contributed by atoms with Crippen LogP contribution in [-0.2, 0) is 0 Å². The van der Waals surface area contributed by atoms with Gasteiger partial charge in [0.25, 0.3) is 0 Å². The number of nitrogens with one attached hydrogen (secondary N) is 1. The zero-order valence-electron chi connectivity index (χ0n) is 14.5. The maximum absolute atomic E-state index is 3.67. The van der Waals surface area contributed by atoms with Gasteiger partial charge >= 0.3 is 0 Å². The Balaban J connectivity index is 2.03. The SMILES string of the molecule is CCNC(CN1CCC(C)(C)CC1)c1ccc(C)c(C)c1. The molecule has 1 unspecified atom stereocenters. The molecule has 0 saturated carbocycles. The molecule has 2 rings (SSSR count). The van der Waals surface area contributed by atoms with Gasteiger partial charge in [-0.1, -0.05) is 39.0 Å². The van der Waals surface area contributed by atoms with Crippen LogP contribution in [0.25, 0.3) is 0 Å². The molecule has 1 saturated heterocycles. The Labute approximate surface area is 130 Å². The van der Waals surface area contributed by atoms with E-state index in [1.807, 2.05) is 0 Å². The summed E-state index contributed by atoms with van der Waals surface area (Å²) >= 11 is 0. The lowest BCUT2D eigenvalue weighted by molar-refractivity contribution is 0.122. The molecular weight excluding hydrogens is 256 g/mol. The summed E-state index contributed by atoms with van der Waals surface area (Å²) in [5.74, 6) is 0. The Hall–Kier alpha value is -0.860. The molecule has 1 aromatic rings. The normalized spacial score (nSPS) is 20.4. The predicted octanol–water partition coefficient (Wildman–Crippen LogP) is 4.08. The molecule has 0 radical (unpaired) electrons. The van der Waals surface area contributed by atoms with Crippen LogP contribution in [0.15, 0.2) is 18.2 Å². The highest BCUT2D eigenvalue weighted by Gasteiger charge is 2.26. The van der Waals surface area contributed by atoms with Crippen LogP contribution in [0.2, 0.25) is 0 Å². The van der Waals surface area contributed by atoms with Crippen molar-refractivity contribution >= 4 is 0 Å². The summed E-state index contributed by atoms with van der Waals surface area (Å²) in [6.07, 6.45) is 2.64. The number of nitrogens with zero attached hydrogens (tertiary/aromatic N) is 1. The Morgan fingerprint density at radius 3 is 2.38 bits per heavy atom. The number of benzene rings is 1. The van der Waals surface area contributed by atoms with Crippen molar-refractivity contribution in [2.75, 3.05) is 26.2 Å². The third-order valence-corrected chi connectivity index (χ3v) is 5.03. The molecule has 1 aliphatic rings. The van der Waals surface area contributed by atoms with E-state index in [-0.39, 0.29) is 0 Å². The molecule has 2 nitrogen and oxygen atoms in total. The van der Waals surface area contributed by atoms with Crippen LogP contribution in [0.5, 0.6) is 0 Å². The molecule has 0 amide bonds. The molecule has 1 atom stereocenters. The fourth-order valence-corrected chi connectivity index (χ4v) is 3.11. The van der Waals surface area contributed by atoms with Gasteiger partial charge in [-0.3, -0.25) is 0 Å². The van der Waals surface area contributed by atoms with E-state index in [1.54, 1.807) is 0 Å². The first-order chi connectivity index (χ1) is 9.91. The standard InChI is InChI=1S/C19H32N2/c1-6-20-18(17-8-7-15(2)16(3)13-17)14-21-11-9-19(4,5)10-12-21/h7-8,13,18,20H,6,9-12,14H2,1-5H3. The number of aryl methyl sites for hydroxylation is 2. The van der Waals surface area contributed by atoms with Crippen molar-refractivity contribution in [2.24, 2.45) is 5.41 Å². The Bertz CT molecular complexity index is 455. The largest absolute Gasteiger partial charge is 0.309 e. The molecule has 0 bridgehead atoms. The van der Waals surface area contributed by atoms with Crippen molar-refractivity contribution in [3.63, 3.8) is 0 Å². The third kappa shape index (κ3) is 4.55. The molecule has 1 aromatic carbocycles. The van der Waals surface area contributed by atoms with Crippen LogP contribution in [0.1, 0.15) is 56.3 Å². The maximum Gasteiger partial charge on any atom is 0.0449 e. The first-order valence-electron chi connectivity index (χ1n) is 8.44. The van der Waals surface area contributed by atoms with E-state index in [1.165, 1.54) is 42.6 Å². The number of likely N-dealkylation sites (N-methyl/N-ethyl adjacent to an activating group) is 1. The molecule has 21 heavy (non-hydrogen) atoms. The second-order valence-electron chi connectivity index (χ2n) is 7.42. The van der Waals surface area contributed by atoms with E-state index >= 15 is 0 Å². The fraction of sp³-hybridized carbons (Fsp3) is 0.684. The Morgan fingerprint density at radius 1 is 1.14 bits per heavy atom. The van der Waals surface area contributed by atoms with E-state index in [2.05, 4.69) is 63.0 Å². The lowest BCUT2D eigenvalue weighted by Gasteiger charge is -2.38. The van der Waals surface area contributed by atoms with Gasteiger partial charge in [-0.15, -0.1) is 0 Å². The third-order valence-electron chi connectivity index (χ3n) is 5.03. The topological polar surface area (TPSA) is 15.3 Å². The van der Waals surface area contributed by atoms with Gasteiger partial charge < -0.3 is 10.2 Å². The van der Waals surface area contributed by atoms with Gasteiger partial charge in [0.15, 0.2) is 0 Å². The van der Waals surface area contributed by atoms with Gasteiger partial charge in [-0.2, -0.15) is 0 Å². The van der Waals surface area contributed by atoms with Crippen LogP contribution in [0, 0.1) is 19.3 Å². The molecule has 1 aliphatic heterocycles. The summed E-state index contributed by atoms with van der Waals surface area (Å²) in [7, 11) is 0. The van der Waals surface area contributed by atoms with Crippen molar-refractivity contribution in [2.45, 2.75) is 53.5 Å². The maximum atomic E-state index is 3.67. The van der Waals surface area contributed by atoms with Crippen LogP contribution in [0.4, 0.5) is 0 Å². The van der Waals surface area contributed by atoms with Gasteiger partial charge in [0, 0.05) is 12.6 Å². The molecule has 0 spiro atoms. The molecule has 1 N–H and O–H groups in total. The van der Waals surface area contributed by atoms with Crippen molar-refractivity contribution in [1.82, 2.24) is 10.2 Å². The summed E-state index contributed by atoms with van der Waals surface area (Å²) < 4.78 is 0. The van der Waals surface area contributed by atoms with E-state index in [0.717, 1.165) is 13.1 Å². The average molecular weight is 288 g/mol. The monoisotopic (exact) mass is 288 g/mol. The molecule has 1 fully saturated rings. The van der Waals surface area contributed by atoms with Gasteiger partial charge in [-0.05, 0) is 68.4 Å². The molecule has 118 valence electrons. The number of rotatable bonds is 5. The highest BCUT2D eigenvalue weighted by Crippen LogP contribution is 2.30. The summed E-state index contributed by atoms with van der Waals surface area (Å²) in [4.78, 5) is 2.63. The van der Waals surface area contributed by atoms with Crippen LogP contribution >= 0.6 is 0 Å². The Kier molecular flexibility index (Phi) is 5.45. The number of hydrogen-bond donors (Lipinski definition) is 1. The molecule has 0 aromatic heterocycles.